The molecule has 0 spiro atoms. The average molecular weight is 267 g/mol. The van der Waals surface area contributed by atoms with Gasteiger partial charge in [0.25, 0.3) is 0 Å². The van der Waals surface area contributed by atoms with Gasteiger partial charge >= 0.3 is 0 Å². The molecule has 0 radical (unpaired) electrons. The Hall–Kier alpha value is -1.59. The normalized spacial score (nSPS) is 10.6. The smallest absolute Gasteiger partial charge is 0.124 e. The van der Waals surface area contributed by atoms with Gasteiger partial charge in [-0.15, -0.1) is 5.10 Å². The number of hydrogen-bond donors (Lipinski definition) is 1. The highest BCUT2D eigenvalue weighted by Crippen LogP contribution is 2.25. The van der Waals surface area contributed by atoms with Crippen LogP contribution in [-0.4, -0.2) is 22.1 Å². The average Bonchev–Trinajstić information content (AvgIpc) is 2.77. The SMILES string of the molecule is COc1cccc(Cl)c1CNCc1cn(C)nn1. The number of methoxy groups -OCH3 is 1. The van der Waals surface area contributed by atoms with Crippen LogP contribution in [0, 0.1) is 0 Å². The third kappa shape index (κ3) is 3.00. The Kier molecular flexibility index (Phi) is 4.17. The summed E-state index contributed by atoms with van der Waals surface area (Å²) in [5.74, 6) is 0.786. The fourth-order valence-electron chi connectivity index (χ4n) is 1.69. The Morgan fingerprint density at radius 3 is 2.89 bits per heavy atom. The molecule has 1 heterocycles. The van der Waals surface area contributed by atoms with E-state index in [2.05, 4.69) is 15.6 Å². The lowest BCUT2D eigenvalue weighted by molar-refractivity contribution is 0.407. The molecule has 1 aromatic carbocycles. The fourth-order valence-corrected chi connectivity index (χ4v) is 1.93. The number of benzene rings is 1. The first-order valence-corrected chi connectivity index (χ1v) is 5.96. The van der Waals surface area contributed by atoms with E-state index in [9.17, 15) is 0 Å². The highest BCUT2D eigenvalue weighted by molar-refractivity contribution is 6.31. The molecule has 0 aliphatic heterocycles. The maximum absolute atomic E-state index is 6.14. The van der Waals surface area contributed by atoms with Gasteiger partial charge < -0.3 is 10.1 Å². The van der Waals surface area contributed by atoms with Gasteiger partial charge in [-0.1, -0.05) is 22.9 Å². The van der Waals surface area contributed by atoms with Crippen molar-refractivity contribution >= 4 is 11.6 Å². The lowest BCUT2D eigenvalue weighted by Gasteiger charge is -2.10. The number of hydrogen-bond acceptors (Lipinski definition) is 4. The second-order valence-corrected chi connectivity index (χ2v) is 4.31. The zero-order chi connectivity index (χ0) is 13.0. The van der Waals surface area contributed by atoms with Gasteiger partial charge in [0.1, 0.15) is 5.75 Å². The van der Waals surface area contributed by atoms with Crippen molar-refractivity contribution in [2.24, 2.45) is 7.05 Å². The molecule has 0 fully saturated rings. The minimum atomic E-state index is 0.624. The molecular weight excluding hydrogens is 252 g/mol. The maximum Gasteiger partial charge on any atom is 0.124 e. The zero-order valence-electron chi connectivity index (χ0n) is 10.4. The van der Waals surface area contributed by atoms with Crippen LogP contribution in [-0.2, 0) is 20.1 Å². The predicted molar refractivity (Wildman–Crippen MR) is 69.6 cm³/mol. The third-order valence-electron chi connectivity index (χ3n) is 2.55. The van der Waals surface area contributed by atoms with Crippen molar-refractivity contribution in [3.8, 4) is 5.75 Å². The summed E-state index contributed by atoms with van der Waals surface area (Å²) >= 11 is 6.14. The van der Waals surface area contributed by atoms with E-state index >= 15 is 0 Å². The lowest BCUT2D eigenvalue weighted by atomic mass is 10.2. The summed E-state index contributed by atoms with van der Waals surface area (Å²) in [6, 6.07) is 5.61. The molecule has 0 atom stereocenters. The molecular formula is C12H15ClN4O. The summed E-state index contributed by atoms with van der Waals surface area (Å²) < 4.78 is 6.95. The molecule has 1 aromatic heterocycles. The van der Waals surface area contributed by atoms with Crippen molar-refractivity contribution in [3.63, 3.8) is 0 Å². The second-order valence-electron chi connectivity index (χ2n) is 3.91. The number of halogens is 1. The van der Waals surface area contributed by atoms with Crippen molar-refractivity contribution in [2.75, 3.05) is 7.11 Å². The molecule has 5 nitrogen and oxygen atoms in total. The number of rotatable bonds is 5. The Morgan fingerprint density at radius 2 is 2.22 bits per heavy atom. The summed E-state index contributed by atoms with van der Waals surface area (Å²) in [7, 11) is 3.48. The molecule has 0 unspecified atom stereocenters. The van der Waals surface area contributed by atoms with E-state index in [1.165, 1.54) is 0 Å². The minimum absolute atomic E-state index is 0.624. The summed E-state index contributed by atoms with van der Waals surface area (Å²) in [6.45, 7) is 1.27. The molecule has 0 aliphatic carbocycles. The summed E-state index contributed by atoms with van der Waals surface area (Å²) in [6.07, 6.45) is 1.87. The van der Waals surface area contributed by atoms with Crippen LogP contribution in [0.15, 0.2) is 24.4 Å². The maximum atomic E-state index is 6.14. The molecule has 2 aromatic rings. The third-order valence-corrected chi connectivity index (χ3v) is 2.91. The summed E-state index contributed by atoms with van der Waals surface area (Å²) in [4.78, 5) is 0. The Morgan fingerprint density at radius 1 is 1.39 bits per heavy atom. The van der Waals surface area contributed by atoms with Crippen molar-refractivity contribution < 1.29 is 4.74 Å². The van der Waals surface area contributed by atoms with Gasteiger partial charge in [-0.3, -0.25) is 4.68 Å². The molecule has 0 saturated carbocycles. The summed E-state index contributed by atoms with van der Waals surface area (Å²) in [5.41, 5.74) is 1.84. The minimum Gasteiger partial charge on any atom is -0.496 e. The fraction of sp³-hybridized carbons (Fsp3) is 0.333. The zero-order valence-corrected chi connectivity index (χ0v) is 11.1. The van der Waals surface area contributed by atoms with Crippen LogP contribution in [0.2, 0.25) is 5.02 Å². The topological polar surface area (TPSA) is 52.0 Å². The van der Waals surface area contributed by atoms with E-state index in [0.717, 1.165) is 17.0 Å². The molecule has 0 amide bonds. The first-order valence-electron chi connectivity index (χ1n) is 5.58. The van der Waals surface area contributed by atoms with E-state index in [-0.39, 0.29) is 0 Å². The van der Waals surface area contributed by atoms with Gasteiger partial charge in [-0.2, -0.15) is 0 Å². The Balaban J connectivity index is 1.98. The van der Waals surface area contributed by atoms with Crippen LogP contribution in [0.25, 0.3) is 0 Å². The second kappa shape index (κ2) is 5.84. The highest BCUT2D eigenvalue weighted by atomic mass is 35.5. The van der Waals surface area contributed by atoms with E-state index in [0.29, 0.717) is 18.1 Å². The van der Waals surface area contributed by atoms with Gasteiger partial charge in [-0.25, -0.2) is 0 Å². The number of ether oxygens (including phenoxy) is 1. The van der Waals surface area contributed by atoms with Crippen LogP contribution in [0.1, 0.15) is 11.3 Å². The van der Waals surface area contributed by atoms with E-state index < -0.39 is 0 Å². The Bertz CT molecular complexity index is 527. The highest BCUT2D eigenvalue weighted by Gasteiger charge is 2.07. The van der Waals surface area contributed by atoms with E-state index in [1.807, 2.05) is 31.4 Å². The molecule has 1 N–H and O–H groups in total. The predicted octanol–water partition coefficient (Wildman–Crippen LogP) is 1.77. The lowest BCUT2D eigenvalue weighted by Crippen LogP contribution is -2.14. The van der Waals surface area contributed by atoms with Crippen LogP contribution in [0.5, 0.6) is 5.75 Å². The number of nitrogens with zero attached hydrogens (tertiary/aromatic N) is 3. The molecule has 18 heavy (non-hydrogen) atoms. The van der Waals surface area contributed by atoms with Gasteiger partial charge in [0.15, 0.2) is 0 Å². The molecule has 0 saturated heterocycles. The van der Waals surface area contributed by atoms with Crippen LogP contribution < -0.4 is 10.1 Å². The standard InChI is InChI=1S/C12H15ClN4O/c1-17-8-9(15-16-17)6-14-7-10-11(13)4-3-5-12(10)18-2/h3-5,8,14H,6-7H2,1-2H3. The van der Waals surface area contributed by atoms with E-state index in [4.69, 9.17) is 16.3 Å². The van der Waals surface area contributed by atoms with Crippen LogP contribution in [0.4, 0.5) is 0 Å². The van der Waals surface area contributed by atoms with Gasteiger partial charge in [-0.05, 0) is 12.1 Å². The quantitative estimate of drug-likeness (QED) is 0.896. The van der Waals surface area contributed by atoms with E-state index in [1.54, 1.807) is 11.8 Å². The van der Waals surface area contributed by atoms with Crippen molar-refractivity contribution in [3.05, 3.63) is 40.7 Å². The van der Waals surface area contributed by atoms with Crippen molar-refractivity contribution in [1.82, 2.24) is 20.3 Å². The van der Waals surface area contributed by atoms with Crippen molar-refractivity contribution in [1.29, 1.82) is 0 Å². The first kappa shape index (κ1) is 12.9. The first-order chi connectivity index (χ1) is 8.70. The number of aryl methyl sites for hydroxylation is 1. The largest absolute Gasteiger partial charge is 0.496 e. The Labute approximate surface area is 111 Å². The summed E-state index contributed by atoms with van der Waals surface area (Å²) in [5, 5.41) is 11.8. The molecule has 0 aliphatic rings. The molecule has 0 bridgehead atoms. The van der Waals surface area contributed by atoms with Crippen molar-refractivity contribution in [2.45, 2.75) is 13.1 Å². The van der Waals surface area contributed by atoms with Gasteiger partial charge in [0.2, 0.25) is 0 Å². The number of nitrogens with one attached hydrogen (secondary N) is 1. The molecule has 2 rings (SSSR count). The monoisotopic (exact) mass is 266 g/mol. The van der Waals surface area contributed by atoms with Crippen LogP contribution >= 0.6 is 11.6 Å². The van der Waals surface area contributed by atoms with Crippen LogP contribution in [0.3, 0.4) is 0 Å². The molecule has 6 heteroatoms. The van der Waals surface area contributed by atoms with Gasteiger partial charge in [0, 0.05) is 36.9 Å². The molecule has 96 valence electrons. The van der Waals surface area contributed by atoms with Gasteiger partial charge in [0.05, 0.1) is 12.8 Å². The number of aromatic nitrogens is 3.